The van der Waals surface area contributed by atoms with Crippen molar-refractivity contribution in [1.82, 2.24) is 9.55 Å². The molecule has 0 saturated carbocycles. The molecule has 2 aromatic heterocycles. The Bertz CT molecular complexity index is 370. The molecular weight excluding hydrogens is 142 g/mol. The number of carbonyl (C=O) groups is 1. The number of rotatable bonds is 0. The molecule has 0 fully saturated rings. The van der Waals surface area contributed by atoms with Crippen molar-refractivity contribution in [2.75, 3.05) is 0 Å². The molecule has 0 spiro atoms. The third-order valence-corrected chi connectivity index (χ3v) is 1.61. The van der Waals surface area contributed by atoms with Crippen LogP contribution in [0.1, 0.15) is 0 Å². The van der Waals surface area contributed by atoms with Gasteiger partial charge in [0, 0.05) is 24.0 Å². The van der Waals surface area contributed by atoms with Crippen LogP contribution in [0.5, 0.6) is 0 Å². The van der Waals surface area contributed by atoms with E-state index in [1.807, 2.05) is 12.3 Å². The molecule has 56 valence electrons. The summed E-state index contributed by atoms with van der Waals surface area (Å²) in [6.07, 6.45) is 5.17. The minimum atomic E-state index is -0.463. The first-order valence-electron chi connectivity index (χ1n) is 3.22. The van der Waals surface area contributed by atoms with Gasteiger partial charge >= 0.3 is 6.03 Å². The van der Waals surface area contributed by atoms with E-state index in [9.17, 15) is 4.79 Å². The number of hydrogen-bond acceptors (Lipinski definition) is 1. The van der Waals surface area contributed by atoms with Crippen LogP contribution in [0.4, 0.5) is 4.79 Å². The fourth-order valence-corrected chi connectivity index (χ4v) is 1.07. The van der Waals surface area contributed by atoms with Gasteiger partial charge in [0.25, 0.3) is 0 Å². The Balaban J connectivity index is 2.67. The van der Waals surface area contributed by atoms with E-state index in [1.165, 1.54) is 4.57 Å². The minimum absolute atomic E-state index is 0.463. The van der Waals surface area contributed by atoms with Crippen LogP contribution >= 0.6 is 0 Å². The summed E-state index contributed by atoms with van der Waals surface area (Å²) in [7, 11) is 0. The molecule has 0 aliphatic heterocycles. The van der Waals surface area contributed by atoms with Crippen molar-refractivity contribution in [2.24, 2.45) is 5.73 Å². The lowest BCUT2D eigenvalue weighted by Crippen LogP contribution is -2.17. The molecule has 4 nitrogen and oxygen atoms in total. The predicted octanol–water partition coefficient (Wildman–Crippen LogP) is 0.896. The average molecular weight is 149 g/mol. The predicted molar refractivity (Wildman–Crippen MR) is 41.3 cm³/mol. The zero-order chi connectivity index (χ0) is 7.84. The Morgan fingerprint density at radius 3 is 3.00 bits per heavy atom. The van der Waals surface area contributed by atoms with Crippen LogP contribution in [0.2, 0.25) is 0 Å². The number of primary amides is 1. The summed E-state index contributed by atoms with van der Waals surface area (Å²) in [5.74, 6) is 0. The average Bonchev–Trinajstić information content (AvgIpc) is 2.40. The van der Waals surface area contributed by atoms with Gasteiger partial charge in [0.05, 0.1) is 5.52 Å². The van der Waals surface area contributed by atoms with Crippen LogP contribution < -0.4 is 5.73 Å². The van der Waals surface area contributed by atoms with E-state index >= 15 is 0 Å². The molecule has 3 N–H and O–H groups in total. The van der Waals surface area contributed by atoms with Gasteiger partial charge in [0.2, 0.25) is 0 Å². The highest BCUT2D eigenvalue weighted by molar-refractivity contribution is 5.85. The molecule has 11 heavy (non-hydrogen) atoms. The molecule has 0 saturated heterocycles. The lowest BCUT2D eigenvalue weighted by Gasteiger charge is -1.89. The fraction of sp³-hybridized carbons (Fsp3) is 0. The molecule has 0 radical (unpaired) electrons. The first-order chi connectivity index (χ1) is 5.27. The van der Waals surface area contributed by atoms with E-state index in [-0.39, 0.29) is 0 Å². The molecule has 0 aromatic carbocycles. The Morgan fingerprint density at radius 2 is 2.36 bits per heavy atom. The lowest BCUT2D eigenvalue weighted by molar-refractivity contribution is 0.250. The molecule has 1 amide bonds. The highest BCUT2D eigenvalue weighted by Crippen LogP contribution is 2.11. The van der Waals surface area contributed by atoms with Gasteiger partial charge in [0.1, 0.15) is 0 Å². The van der Waals surface area contributed by atoms with Crippen LogP contribution in [-0.2, 0) is 0 Å². The largest absolute Gasteiger partial charge is 0.360 e. The monoisotopic (exact) mass is 149 g/mol. The molecule has 2 rings (SSSR count). The smallest absolute Gasteiger partial charge is 0.322 e. The summed E-state index contributed by atoms with van der Waals surface area (Å²) in [4.78, 5) is 13.6. The number of aromatic amines is 1. The van der Waals surface area contributed by atoms with E-state index in [0.717, 1.165) is 10.9 Å². The second kappa shape index (κ2) is 1.88. The molecule has 4 heteroatoms. The van der Waals surface area contributed by atoms with Gasteiger partial charge < -0.3 is 10.7 Å². The maximum absolute atomic E-state index is 10.6. The van der Waals surface area contributed by atoms with Crippen molar-refractivity contribution in [3.63, 3.8) is 0 Å². The number of H-pyrrole nitrogens is 1. The van der Waals surface area contributed by atoms with Gasteiger partial charge in [-0.3, -0.25) is 4.57 Å². The second-order valence-electron chi connectivity index (χ2n) is 2.35. The van der Waals surface area contributed by atoms with Crippen LogP contribution in [0, 0.1) is 0 Å². The summed E-state index contributed by atoms with van der Waals surface area (Å²) in [6, 6.07) is 1.42. The van der Waals surface area contributed by atoms with Gasteiger partial charge in [0.15, 0.2) is 0 Å². The Kier molecular flexibility index (Phi) is 1.03. The van der Waals surface area contributed by atoms with Crippen LogP contribution in [0.3, 0.4) is 0 Å². The second-order valence-corrected chi connectivity index (χ2v) is 2.35. The third-order valence-electron chi connectivity index (χ3n) is 1.61. The number of nitrogens with zero attached hydrogens (tertiary/aromatic N) is 1. The number of nitrogens with one attached hydrogen (secondary N) is 1. The summed E-state index contributed by atoms with van der Waals surface area (Å²) < 4.78 is 1.35. The normalized spacial score (nSPS) is 10.5. The van der Waals surface area contributed by atoms with Crippen molar-refractivity contribution in [3.8, 4) is 0 Å². The van der Waals surface area contributed by atoms with Crippen molar-refractivity contribution < 1.29 is 4.79 Å². The first-order valence-corrected chi connectivity index (χ1v) is 3.22. The highest BCUT2D eigenvalue weighted by atomic mass is 16.2. The van der Waals surface area contributed by atoms with Crippen LogP contribution in [0.25, 0.3) is 10.9 Å². The number of carbonyl (C=O) groups excluding carboxylic acids is 1. The summed E-state index contributed by atoms with van der Waals surface area (Å²) in [5.41, 5.74) is 5.97. The molecule has 0 bridgehead atoms. The number of hydrogen-bond donors (Lipinski definition) is 2. The van der Waals surface area contributed by atoms with E-state index < -0.39 is 6.03 Å². The maximum atomic E-state index is 10.6. The molecule has 0 atom stereocenters. The van der Waals surface area contributed by atoms with Gasteiger partial charge in [-0.1, -0.05) is 0 Å². The highest BCUT2D eigenvalue weighted by Gasteiger charge is 2.01. The molecular formula is C7H7N3O. The first kappa shape index (κ1) is 6.03. The quantitative estimate of drug-likeness (QED) is 0.574. The van der Waals surface area contributed by atoms with E-state index in [2.05, 4.69) is 4.98 Å². The van der Waals surface area contributed by atoms with Crippen molar-refractivity contribution in [2.45, 2.75) is 0 Å². The Labute approximate surface area is 62.6 Å². The third kappa shape index (κ3) is 0.797. The SMILES string of the molecule is NC(=O)n1cc2cc[nH]c2c1. The van der Waals surface area contributed by atoms with Crippen molar-refractivity contribution in [3.05, 3.63) is 24.7 Å². The molecule has 0 aliphatic carbocycles. The lowest BCUT2D eigenvalue weighted by atomic mass is 10.4. The zero-order valence-electron chi connectivity index (χ0n) is 5.74. The maximum Gasteiger partial charge on any atom is 0.322 e. The van der Waals surface area contributed by atoms with Crippen molar-refractivity contribution >= 4 is 16.9 Å². The fourth-order valence-electron chi connectivity index (χ4n) is 1.07. The number of aromatic nitrogens is 2. The Morgan fingerprint density at radius 1 is 1.55 bits per heavy atom. The van der Waals surface area contributed by atoms with Crippen molar-refractivity contribution in [1.29, 1.82) is 0 Å². The summed E-state index contributed by atoms with van der Waals surface area (Å²) in [5, 5.41) is 0.990. The standard InChI is InChI=1S/C7H7N3O/c8-7(11)10-3-5-1-2-9-6(5)4-10/h1-4,9H,(H2,8,11). The summed E-state index contributed by atoms with van der Waals surface area (Å²) >= 11 is 0. The van der Waals surface area contributed by atoms with Gasteiger partial charge in [-0.05, 0) is 6.07 Å². The topological polar surface area (TPSA) is 63.8 Å². The van der Waals surface area contributed by atoms with Crippen LogP contribution in [0.15, 0.2) is 24.7 Å². The number of nitrogens with two attached hydrogens (primary N) is 1. The van der Waals surface area contributed by atoms with Crippen LogP contribution in [-0.4, -0.2) is 15.6 Å². The van der Waals surface area contributed by atoms with Gasteiger partial charge in [-0.25, -0.2) is 4.79 Å². The molecule has 2 aromatic rings. The summed E-state index contributed by atoms with van der Waals surface area (Å²) in [6.45, 7) is 0. The van der Waals surface area contributed by atoms with E-state index in [4.69, 9.17) is 5.73 Å². The number of amides is 1. The molecule has 0 aliphatic rings. The minimum Gasteiger partial charge on any atom is -0.360 e. The van der Waals surface area contributed by atoms with Gasteiger partial charge in [-0.2, -0.15) is 0 Å². The van der Waals surface area contributed by atoms with E-state index in [1.54, 1.807) is 12.4 Å². The molecule has 0 unspecified atom stereocenters. The zero-order valence-corrected chi connectivity index (χ0v) is 5.74. The molecule has 2 heterocycles. The Hall–Kier alpha value is -1.71. The van der Waals surface area contributed by atoms with E-state index in [0.29, 0.717) is 0 Å². The number of fused-ring (bicyclic) bond motifs is 1. The van der Waals surface area contributed by atoms with Gasteiger partial charge in [-0.15, -0.1) is 0 Å².